The minimum atomic E-state index is 0.570. The van der Waals surface area contributed by atoms with Gasteiger partial charge in [0.25, 0.3) is 0 Å². The number of aromatic nitrogens is 1. The Kier molecular flexibility index (Phi) is 3.96. The van der Waals surface area contributed by atoms with Crippen LogP contribution < -0.4 is 5.73 Å². The summed E-state index contributed by atoms with van der Waals surface area (Å²) in [6.07, 6.45) is 0. The van der Waals surface area contributed by atoms with Crippen LogP contribution in [-0.2, 0) is 6.54 Å². The maximum Gasteiger partial charge on any atom is 0.124 e. The molecule has 0 aliphatic carbocycles. The van der Waals surface area contributed by atoms with Gasteiger partial charge in [0.05, 0.1) is 5.69 Å². The smallest absolute Gasteiger partial charge is 0.124 e. The van der Waals surface area contributed by atoms with Gasteiger partial charge < -0.3 is 5.73 Å². The van der Waals surface area contributed by atoms with E-state index < -0.39 is 0 Å². The van der Waals surface area contributed by atoms with Crippen LogP contribution >= 0.6 is 27.3 Å². The van der Waals surface area contributed by atoms with Crippen LogP contribution in [0.4, 0.5) is 0 Å². The lowest BCUT2D eigenvalue weighted by molar-refractivity contribution is 1.07. The average molecular weight is 345 g/mol. The molecular formula is C16H13BrN2S. The van der Waals surface area contributed by atoms with Crippen molar-refractivity contribution in [2.24, 2.45) is 5.73 Å². The van der Waals surface area contributed by atoms with E-state index in [1.807, 2.05) is 18.2 Å². The van der Waals surface area contributed by atoms with E-state index in [1.165, 1.54) is 0 Å². The summed E-state index contributed by atoms with van der Waals surface area (Å²) in [4.78, 5) is 4.72. The molecule has 2 N–H and O–H groups in total. The van der Waals surface area contributed by atoms with E-state index in [0.29, 0.717) is 6.54 Å². The Morgan fingerprint density at radius 1 is 1.05 bits per heavy atom. The van der Waals surface area contributed by atoms with Crippen LogP contribution in [0.5, 0.6) is 0 Å². The molecule has 2 nitrogen and oxygen atoms in total. The van der Waals surface area contributed by atoms with Crippen LogP contribution in [0.3, 0.4) is 0 Å². The molecule has 20 heavy (non-hydrogen) atoms. The van der Waals surface area contributed by atoms with Gasteiger partial charge in [-0.2, -0.15) is 0 Å². The lowest BCUT2D eigenvalue weighted by atomic mass is 10.1. The summed E-state index contributed by atoms with van der Waals surface area (Å²) >= 11 is 5.22. The van der Waals surface area contributed by atoms with Gasteiger partial charge in [-0.1, -0.05) is 58.4 Å². The summed E-state index contributed by atoms with van der Waals surface area (Å²) in [5.74, 6) is 0. The normalized spacial score (nSPS) is 10.7. The van der Waals surface area contributed by atoms with E-state index in [9.17, 15) is 0 Å². The number of hydrogen-bond donors (Lipinski definition) is 1. The summed E-state index contributed by atoms with van der Waals surface area (Å²) in [6.45, 7) is 0.570. The number of hydrogen-bond acceptors (Lipinski definition) is 3. The van der Waals surface area contributed by atoms with Crippen LogP contribution in [-0.4, -0.2) is 4.98 Å². The Labute approximate surface area is 130 Å². The molecule has 1 aromatic heterocycles. The molecule has 0 atom stereocenters. The Hall–Kier alpha value is -1.49. The minimum Gasteiger partial charge on any atom is -0.326 e. The highest BCUT2D eigenvalue weighted by atomic mass is 79.9. The molecule has 1 heterocycles. The summed E-state index contributed by atoms with van der Waals surface area (Å²) in [5, 5.41) is 3.12. The molecule has 0 bridgehead atoms. The van der Waals surface area contributed by atoms with E-state index in [-0.39, 0.29) is 0 Å². The van der Waals surface area contributed by atoms with Crippen molar-refractivity contribution in [3.8, 4) is 21.8 Å². The zero-order valence-electron chi connectivity index (χ0n) is 10.7. The number of benzene rings is 2. The van der Waals surface area contributed by atoms with Gasteiger partial charge in [0.15, 0.2) is 0 Å². The van der Waals surface area contributed by atoms with Crippen LogP contribution in [0.1, 0.15) is 5.56 Å². The van der Waals surface area contributed by atoms with Gasteiger partial charge in [0, 0.05) is 27.5 Å². The van der Waals surface area contributed by atoms with Crippen molar-refractivity contribution in [1.82, 2.24) is 4.98 Å². The minimum absolute atomic E-state index is 0.570. The van der Waals surface area contributed by atoms with Gasteiger partial charge in [0.2, 0.25) is 0 Å². The van der Waals surface area contributed by atoms with Crippen LogP contribution in [0, 0.1) is 0 Å². The first-order valence-corrected chi connectivity index (χ1v) is 7.95. The topological polar surface area (TPSA) is 38.9 Å². The van der Waals surface area contributed by atoms with E-state index in [4.69, 9.17) is 10.7 Å². The second kappa shape index (κ2) is 5.87. The molecule has 0 aliphatic heterocycles. The van der Waals surface area contributed by atoms with Crippen LogP contribution in [0.15, 0.2) is 58.4 Å². The first-order chi connectivity index (χ1) is 9.78. The second-order valence-electron chi connectivity index (χ2n) is 4.42. The van der Waals surface area contributed by atoms with E-state index >= 15 is 0 Å². The molecule has 0 spiro atoms. The molecule has 0 aliphatic rings. The molecule has 0 unspecified atom stereocenters. The third kappa shape index (κ3) is 2.68. The predicted octanol–water partition coefficient (Wildman–Crippen LogP) is 4.70. The SMILES string of the molecule is NCc1ccc(-c2nc(-c3ccccc3Br)cs2)cc1. The molecule has 0 saturated carbocycles. The van der Waals surface area contributed by atoms with Gasteiger partial charge in [0.1, 0.15) is 5.01 Å². The average Bonchev–Trinajstić information content (AvgIpc) is 2.97. The predicted molar refractivity (Wildman–Crippen MR) is 88.6 cm³/mol. The van der Waals surface area contributed by atoms with Crippen molar-refractivity contribution < 1.29 is 0 Å². The fourth-order valence-corrected chi connectivity index (χ4v) is 3.30. The van der Waals surface area contributed by atoms with Gasteiger partial charge >= 0.3 is 0 Å². The standard InChI is InChI=1S/C16H13BrN2S/c17-14-4-2-1-3-13(14)15-10-20-16(19-15)12-7-5-11(9-18)6-8-12/h1-8,10H,9,18H2. The highest BCUT2D eigenvalue weighted by Gasteiger charge is 2.08. The van der Waals surface area contributed by atoms with Gasteiger partial charge in [-0.3, -0.25) is 0 Å². The number of nitrogens with two attached hydrogens (primary N) is 1. The van der Waals surface area contributed by atoms with Crippen molar-refractivity contribution in [3.05, 3.63) is 63.9 Å². The highest BCUT2D eigenvalue weighted by Crippen LogP contribution is 2.32. The summed E-state index contributed by atoms with van der Waals surface area (Å²) in [6, 6.07) is 16.4. The fraction of sp³-hybridized carbons (Fsp3) is 0.0625. The molecule has 4 heteroatoms. The van der Waals surface area contributed by atoms with Crippen molar-refractivity contribution in [2.75, 3.05) is 0 Å². The molecule has 3 rings (SSSR count). The van der Waals surface area contributed by atoms with Crippen molar-refractivity contribution in [1.29, 1.82) is 0 Å². The number of nitrogens with zero attached hydrogens (tertiary/aromatic N) is 1. The Morgan fingerprint density at radius 3 is 2.50 bits per heavy atom. The molecule has 2 aromatic carbocycles. The maximum absolute atomic E-state index is 5.62. The number of thiazole rings is 1. The lowest BCUT2D eigenvalue weighted by Crippen LogP contribution is -1.95. The third-order valence-corrected chi connectivity index (χ3v) is 4.67. The lowest BCUT2D eigenvalue weighted by Gasteiger charge is -2.00. The second-order valence-corrected chi connectivity index (χ2v) is 6.13. The zero-order chi connectivity index (χ0) is 13.9. The van der Waals surface area contributed by atoms with E-state index in [2.05, 4.69) is 51.6 Å². The number of rotatable bonds is 3. The van der Waals surface area contributed by atoms with Gasteiger partial charge in [-0.15, -0.1) is 11.3 Å². The van der Waals surface area contributed by atoms with Crippen molar-refractivity contribution >= 4 is 27.3 Å². The summed E-state index contributed by atoms with van der Waals surface area (Å²) in [5.41, 5.74) is 10.0. The highest BCUT2D eigenvalue weighted by molar-refractivity contribution is 9.10. The summed E-state index contributed by atoms with van der Waals surface area (Å²) in [7, 11) is 0. The van der Waals surface area contributed by atoms with Crippen molar-refractivity contribution in [2.45, 2.75) is 6.54 Å². The first-order valence-electron chi connectivity index (χ1n) is 6.28. The molecule has 3 aromatic rings. The van der Waals surface area contributed by atoms with Crippen molar-refractivity contribution in [3.63, 3.8) is 0 Å². The molecule has 100 valence electrons. The Morgan fingerprint density at radius 2 is 1.80 bits per heavy atom. The van der Waals surface area contributed by atoms with Gasteiger partial charge in [-0.05, 0) is 11.6 Å². The monoisotopic (exact) mass is 344 g/mol. The van der Waals surface area contributed by atoms with Crippen LogP contribution in [0.2, 0.25) is 0 Å². The Bertz CT molecular complexity index is 719. The molecule has 0 amide bonds. The molecule has 0 radical (unpaired) electrons. The van der Waals surface area contributed by atoms with E-state index in [1.54, 1.807) is 11.3 Å². The van der Waals surface area contributed by atoms with E-state index in [0.717, 1.165) is 31.9 Å². The number of halogens is 1. The fourth-order valence-electron chi connectivity index (χ4n) is 1.98. The van der Waals surface area contributed by atoms with Gasteiger partial charge in [-0.25, -0.2) is 4.98 Å². The summed E-state index contributed by atoms with van der Waals surface area (Å²) < 4.78 is 1.07. The zero-order valence-corrected chi connectivity index (χ0v) is 13.1. The third-order valence-electron chi connectivity index (χ3n) is 3.09. The quantitative estimate of drug-likeness (QED) is 0.747. The molecule has 0 fully saturated rings. The largest absolute Gasteiger partial charge is 0.326 e. The molecular weight excluding hydrogens is 332 g/mol. The maximum atomic E-state index is 5.62. The molecule has 0 saturated heterocycles. The Balaban J connectivity index is 1.95. The van der Waals surface area contributed by atoms with Crippen LogP contribution in [0.25, 0.3) is 21.8 Å². The first kappa shape index (κ1) is 13.5.